The normalized spacial score (nSPS) is 9.33. The minimum Gasteiger partial charge on any atom is -0.477 e. The number of nitriles is 1. The van der Waals surface area contributed by atoms with E-state index in [0.717, 1.165) is 28.8 Å². The quantitative estimate of drug-likeness (QED) is 0.671. The van der Waals surface area contributed by atoms with Gasteiger partial charge >= 0.3 is 6.15 Å². The maximum Gasteiger partial charge on any atom is 0.373 e. The second kappa shape index (κ2) is 10.3. The Morgan fingerprint density at radius 3 is 2.04 bits per heavy atom. The predicted octanol–water partition coefficient (Wildman–Crippen LogP) is 4.49. The molecule has 0 atom stereocenters. The molecule has 0 fully saturated rings. The summed E-state index contributed by atoms with van der Waals surface area (Å²) in [6, 6.07) is 24.0. The number of rotatable bonds is 5. The molecule has 0 spiro atoms. The lowest BCUT2D eigenvalue weighted by Gasteiger charge is -2.13. The highest BCUT2D eigenvalue weighted by Gasteiger charge is 2.16. The van der Waals surface area contributed by atoms with Gasteiger partial charge in [0, 0.05) is 11.1 Å². The average molecular weight is 358 g/mol. The van der Waals surface area contributed by atoms with Gasteiger partial charge in [0.1, 0.15) is 11.6 Å². The molecule has 0 aliphatic carbocycles. The van der Waals surface area contributed by atoms with E-state index in [-0.39, 0.29) is 6.15 Å². The van der Waals surface area contributed by atoms with E-state index in [2.05, 4.69) is 11.1 Å². The molecule has 5 heteroatoms. The van der Waals surface area contributed by atoms with Crippen molar-refractivity contribution in [1.82, 2.24) is 4.98 Å². The Bertz CT molecular complexity index is 943. The molecule has 3 rings (SSSR count). The van der Waals surface area contributed by atoms with Crippen LogP contribution in [-0.4, -0.2) is 17.7 Å². The van der Waals surface area contributed by atoms with E-state index in [0.29, 0.717) is 18.1 Å². The molecule has 1 heterocycles. The van der Waals surface area contributed by atoms with Gasteiger partial charge in [0.15, 0.2) is 0 Å². The van der Waals surface area contributed by atoms with Gasteiger partial charge in [-0.25, -0.2) is 4.98 Å². The first-order chi connectivity index (χ1) is 13.2. The molecular formula is C22H18N2O3. The molecule has 0 aliphatic heterocycles. The van der Waals surface area contributed by atoms with Gasteiger partial charge in [0.2, 0.25) is 5.88 Å². The maximum atomic E-state index is 9.65. The van der Waals surface area contributed by atoms with Crippen LogP contribution in [0.25, 0.3) is 22.4 Å². The molecule has 0 bridgehead atoms. The van der Waals surface area contributed by atoms with Crippen LogP contribution in [0.15, 0.2) is 66.7 Å². The number of hydrogen-bond acceptors (Lipinski definition) is 5. The molecule has 27 heavy (non-hydrogen) atoms. The summed E-state index contributed by atoms with van der Waals surface area (Å²) < 4.78 is 5.77. The van der Waals surface area contributed by atoms with Crippen LogP contribution < -0.4 is 4.74 Å². The fraction of sp³-hybridized carbons (Fsp3) is 0.136. The van der Waals surface area contributed by atoms with Crippen LogP contribution >= 0.6 is 0 Å². The molecule has 1 aromatic heterocycles. The van der Waals surface area contributed by atoms with Crippen molar-refractivity contribution in [2.75, 3.05) is 6.61 Å². The zero-order chi connectivity index (χ0) is 19.5. The topological polar surface area (TPSA) is 80.0 Å². The smallest absolute Gasteiger partial charge is 0.373 e. The van der Waals surface area contributed by atoms with Crippen LogP contribution in [0.5, 0.6) is 5.88 Å². The second-order valence-electron chi connectivity index (χ2n) is 5.51. The molecule has 0 amide bonds. The summed E-state index contributed by atoms with van der Waals surface area (Å²) in [6.45, 7) is 2.57. The van der Waals surface area contributed by atoms with Crippen molar-refractivity contribution in [3.05, 3.63) is 72.3 Å². The first-order valence-electron chi connectivity index (χ1n) is 8.43. The van der Waals surface area contributed by atoms with Crippen molar-refractivity contribution in [1.29, 1.82) is 5.26 Å². The Morgan fingerprint density at radius 2 is 1.52 bits per heavy atom. The fourth-order valence-electron chi connectivity index (χ4n) is 2.54. The van der Waals surface area contributed by atoms with Gasteiger partial charge in [-0.05, 0) is 18.1 Å². The Hall–Kier alpha value is -3.74. The highest BCUT2D eigenvalue weighted by atomic mass is 16.5. The lowest BCUT2D eigenvalue weighted by Crippen LogP contribution is -2.02. The van der Waals surface area contributed by atoms with E-state index >= 15 is 0 Å². The van der Waals surface area contributed by atoms with Gasteiger partial charge in [-0.1, -0.05) is 67.6 Å². The zero-order valence-electron chi connectivity index (χ0n) is 14.9. The number of aromatic nitrogens is 1. The fourth-order valence-corrected chi connectivity index (χ4v) is 2.54. The van der Waals surface area contributed by atoms with E-state index < -0.39 is 0 Å². The molecule has 5 nitrogen and oxygen atoms in total. The van der Waals surface area contributed by atoms with Crippen molar-refractivity contribution in [3.63, 3.8) is 0 Å². The monoisotopic (exact) mass is 358 g/mol. The SMILES string of the molecule is CCCOc1nc(-c2ccccc2)cc(-c2ccccc2)c1C#N.O=C=O. The summed E-state index contributed by atoms with van der Waals surface area (Å²) >= 11 is 0. The largest absolute Gasteiger partial charge is 0.477 e. The summed E-state index contributed by atoms with van der Waals surface area (Å²) in [5.41, 5.74) is 4.11. The van der Waals surface area contributed by atoms with Crippen LogP contribution in [0.3, 0.4) is 0 Å². The first kappa shape index (κ1) is 19.6. The van der Waals surface area contributed by atoms with Crippen molar-refractivity contribution in [2.45, 2.75) is 13.3 Å². The zero-order valence-corrected chi connectivity index (χ0v) is 14.9. The van der Waals surface area contributed by atoms with E-state index in [4.69, 9.17) is 14.3 Å². The lowest BCUT2D eigenvalue weighted by molar-refractivity contribution is -0.191. The molecule has 2 aromatic carbocycles. The highest BCUT2D eigenvalue weighted by Crippen LogP contribution is 2.33. The van der Waals surface area contributed by atoms with Gasteiger partial charge in [0.05, 0.1) is 12.3 Å². The van der Waals surface area contributed by atoms with Crippen molar-refractivity contribution >= 4 is 6.15 Å². The number of hydrogen-bond donors (Lipinski definition) is 0. The van der Waals surface area contributed by atoms with Crippen molar-refractivity contribution in [3.8, 4) is 34.3 Å². The molecule has 0 unspecified atom stereocenters. The third-order valence-electron chi connectivity index (χ3n) is 3.70. The van der Waals surface area contributed by atoms with Crippen molar-refractivity contribution < 1.29 is 14.3 Å². The summed E-state index contributed by atoms with van der Waals surface area (Å²) in [6.07, 6.45) is 1.11. The van der Waals surface area contributed by atoms with Crippen LogP contribution in [0, 0.1) is 11.3 Å². The van der Waals surface area contributed by atoms with Crippen molar-refractivity contribution in [2.24, 2.45) is 0 Å². The van der Waals surface area contributed by atoms with Gasteiger partial charge < -0.3 is 4.74 Å². The molecular weight excluding hydrogens is 340 g/mol. The lowest BCUT2D eigenvalue weighted by atomic mass is 9.99. The minimum atomic E-state index is 0.250. The van der Waals surface area contributed by atoms with Crippen LogP contribution in [0.1, 0.15) is 18.9 Å². The van der Waals surface area contributed by atoms with Gasteiger partial charge in [-0.2, -0.15) is 14.9 Å². The summed E-state index contributed by atoms with van der Waals surface area (Å²) in [4.78, 5) is 20.8. The summed E-state index contributed by atoms with van der Waals surface area (Å²) in [5, 5.41) is 9.65. The van der Waals surface area contributed by atoms with Crippen LogP contribution in [0.2, 0.25) is 0 Å². The van der Waals surface area contributed by atoms with E-state index in [1.54, 1.807) is 0 Å². The molecule has 134 valence electrons. The van der Waals surface area contributed by atoms with Gasteiger partial charge in [-0.3, -0.25) is 0 Å². The number of ether oxygens (including phenoxy) is 1. The van der Waals surface area contributed by atoms with Gasteiger partial charge in [0.25, 0.3) is 0 Å². The molecule has 3 aromatic rings. The Morgan fingerprint density at radius 1 is 0.963 bits per heavy atom. The Balaban J connectivity index is 0.000000817. The average Bonchev–Trinajstić information content (AvgIpc) is 2.73. The number of carbonyl (C=O) groups excluding carboxylic acids is 2. The standard InChI is InChI=1S/C21H18N2O.CO2/c1-2-13-24-21-19(15-22)18(16-9-5-3-6-10-16)14-20(23-21)17-11-7-4-8-12-17;2-1-3/h3-12,14H,2,13H2,1H3;. The molecule has 0 saturated carbocycles. The molecule has 0 aliphatic rings. The number of pyridine rings is 1. The third kappa shape index (κ3) is 5.12. The van der Waals surface area contributed by atoms with Crippen LogP contribution in [0.4, 0.5) is 0 Å². The Labute approximate surface area is 157 Å². The maximum absolute atomic E-state index is 9.65. The second-order valence-corrected chi connectivity index (χ2v) is 5.51. The first-order valence-corrected chi connectivity index (χ1v) is 8.43. The summed E-state index contributed by atoms with van der Waals surface area (Å²) in [7, 11) is 0. The number of benzene rings is 2. The highest BCUT2D eigenvalue weighted by molar-refractivity contribution is 5.77. The third-order valence-corrected chi connectivity index (χ3v) is 3.70. The molecule has 0 N–H and O–H groups in total. The molecule has 0 radical (unpaired) electrons. The van der Waals surface area contributed by atoms with E-state index in [1.165, 1.54) is 0 Å². The Kier molecular flexibility index (Phi) is 7.47. The van der Waals surface area contributed by atoms with E-state index in [1.807, 2.05) is 73.7 Å². The van der Waals surface area contributed by atoms with Crippen LogP contribution in [-0.2, 0) is 9.59 Å². The predicted molar refractivity (Wildman–Crippen MR) is 101 cm³/mol. The number of nitrogens with zero attached hydrogens (tertiary/aromatic N) is 2. The molecule has 0 saturated heterocycles. The minimum absolute atomic E-state index is 0.250. The van der Waals surface area contributed by atoms with E-state index in [9.17, 15) is 5.26 Å². The van der Waals surface area contributed by atoms with Gasteiger partial charge in [-0.15, -0.1) is 0 Å². The summed E-state index contributed by atoms with van der Waals surface area (Å²) in [5.74, 6) is 0.402.